The SMILES string of the molecule is O=S(=O)(O)c1cc(Nc2nc(Nc3cccc(/C=C/c4cccc(Nc5nc(Nc6cc(S(=O)(=O)O)cc7cc(S(=O)(=O)O)c(/N=N/c8ccccc8)c(O)c67)nc(N6CCOCC6)n5)c4S(=O)(=O)O)c3S(=O)(=O)O)nc(N3CCOCC3)n2)c2c(O)c(/N=N/c3ccccc3)c(S(=O)(=O)O)cc2c1. The summed E-state index contributed by atoms with van der Waals surface area (Å²) in [5.41, 5.74) is -3.80. The Balaban J connectivity index is 0.922. The summed E-state index contributed by atoms with van der Waals surface area (Å²) in [4.78, 5) is 24.3. The van der Waals surface area contributed by atoms with Gasteiger partial charge in [-0.2, -0.15) is 90.6 Å². The van der Waals surface area contributed by atoms with Crippen LogP contribution in [0.5, 0.6) is 11.5 Å². The number of ether oxygens (including phenoxy) is 2. The van der Waals surface area contributed by atoms with E-state index in [0.29, 0.717) is 0 Å². The highest BCUT2D eigenvalue weighted by atomic mass is 32.2. The molecule has 8 aromatic carbocycles. The van der Waals surface area contributed by atoms with Gasteiger partial charge in [0.15, 0.2) is 11.5 Å². The average Bonchev–Trinajstić information content (AvgIpc) is 0.751. The van der Waals surface area contributed by atoms with E-state index in [-0.39, 0.29) is 87.0 Å². The van der Waals surface area contributed by atoms with E-state index in [0.717, 1.165) is 60.7 Å². The minimum absolute atomic E-state index is 0.146. The van der Waals surface area contributed by atoms with Crippen LogP contribution in [0.25, 0.3) is 33.7 Å². The maximum Gasteiger partial charge on any atom is 0.297 e. The predicted molar refractivity (Wildman–Crippen MR) is 372 cm³/mol. The Labute approximate surface area is 589 Å². The Bertz CT molecular complexity index is 5580. The van der Waals surface area contributed by atoms with Crippen LogP contribution in [0, 0.1) is 0 Å². The quantitative estimate of drug-likeness (QED) is 0.0171. The fourth-order valence-corrected chi connectivity index (χ4v) is 14.8. The Morgan fingerprint density at radius 3 is 1.03 bits per heavy atom. The van der Waals surface area contributed by atoms with Gasteiger partial charge in [-0.05, 0) is 94.7 Å². The van der Waals surface area contributed by atoms with Crippen molar-refractivity contribution in [3.05, 3.63) is 145 Å². The number of hydrogen-bond acceptors (Lipinski definition) is 32. The molecule has 2 aliphatic rings. The minimum atomic E-state index is -5.37. The van der Waals surface area contributed by atoms with Gasteiger partial charge < -0.3 is 50.8 Å². The summed E-state index contributed by atoms with van der Waals surface area (Å²) in [6, 6.07) is 27.5. The summed E-state index contributed by atoms with van der Waals surface area (Å²) in [5.74, 6) is -4.28. The Kier molecular flexibility index (Phi) is 20.1. The molecule has 0 saturated carbocycles. The molecule has 2 aliphatic heterocycles. The number of nitrogens with one attached hydrogen (secondary N) is 4. The third kappa shape index (κ3) is 16.4. The normalized spacial score (nSPS) is 14.4. The first kappa shape index (κ1) is 72.8. The molecule has 540 valence electrons. The minimum Gasteiger partial charge on any atom is -0.505 e. The van der Waals surface area contributed by atoms with E-state index >= 15 is 0 Å². The van der Waals surface area contributed by atoms with Crippen LogP contribution < -0.4 is 31.1 Å². The molecule has 0 unspecified atom stereocenters. The van der Waals surface area contributed by atoms with Crippen LogP contribution in [0.3, 0.4) is 0 Å². The lowest BCUT2D eigenvalue weighted by molar-refractivity contribution is 0.122. The first-order valence-corrected chi connectivity index (χ1v) is 38.4. The number of fused-ring (bicyclic) bond motifs is 2. The van der Waals surface area contributed by atoms with E-state index in [1.54, 1.807) is 46.2 Å². The highest BCUT2D eigenvalue weighted by Crippen LogP contribution is 2.48. The van der Waals surface area contributed by atoms with Crippen molar-refractivity contribution in [3.63, 3.8) is 0 Å². The van der Waals surface area contributed by atoms with Crippen LogP contribution in [0.1, 0.15) is 11.1 Å². The molecule has 0 amide bonds. The zero-order valence-electron chi connectivity index (χ0n) is 52.6. The maximum atomic E-state index is 13.6. The van der Waals surface area contributed by atoms with E-state index in [1.807, 2.05) is 0 Å². The fraction of sp³-hybridized carbons (Fsp3) is 0.133. The molecule has 2 aromatic heterocycles. The maximum absolute atomic E-state index is 13.6. The van der Waals surface area contributed by atoms with Gasteiger partial charge in [-0.3, -0.25) is 27.3 Å². The number of aromatic nitrogens is 6. The number of phenols is 2. The molecule has 2 fully saturated rings. The Morgan fingerprint density at radius 2 is 0.712 bits per heavy atom. The first-order chi connectivity index (χ1) is 49.1. The standard InChI is InChI=1S/C60H52N16O22S6/c77-51-47-35(29-45(101(85,86)87)49(51)73-71-37-11-3-1-4-12-37)27-39(99(79,80)81)31-43(47)63-57-65-55(67-59(69-57)75-19-23-97-24-20-75)61-41-15-7-9-33(53(41)103(91,92)93)17-18-34-10-8-16-42(54(34)104(94,95)96)62-56-66-58(70-60(68-56)76-21-25-98-26-22-76)64-44-32-40(100(82,83)84)28-36-30-46(102(88,89)90)50(52(78)48(36)44)74-72-38-13-5-2-6-14-38/h1-18,27-32,77-78H,19-26H2,(H,79,80,81)(H,82,83,84)(H,85,86,87)(H,88,89,90)(H,91,92,93)(H,94,95,96)(H2,61,63,65,67,69)(H2,62,64,66,68,70)/b18-17+,73-71+,74-72+. The van der Waals surface area contributed by atoms with Crippen LogP contribution in [0.2, 0.25) is 0 Å². The smallest absolute Gasteiger partial charge is 0.297 e. The van der Waals surface area contributed by atoms with E-state index in [2.05, 4.69) is 71.6 Å². The number of benzene rings is 8. The summed E-state index contributed by atoms with van der Waals surface area (Å²) < 4.78 is 231. The number of hydrogen-bond donors (Lipinski definition) is 12. The molecule has 10 aromatic rings. The number of nitrogens with zero attached hydrogens (tertiary/aromatic N) is 12. The van der Waals surface area contributed by atoms with E-state index in [9.17, 15) is 88.0 Å². The number of anilines is 10. The van der Waals surface area contributed by atoms with Gasteiger partial charge in [-0.25, -0.2) is 0 Å². The number of morpholine rings is 2. The molecule has 104 heavy (non-hydrogen) atoms. The van der Waals surface area contributed by atoms with Crippen LogP contribution in [-0.2, 0) is 70.2 Å². The van der Waals surface area contributed by atoms with E-state index < -0.39 is 181 Å². The van der Waals surface area contributed by atoms with E-state index in [1.165, 1.54) is 48.5 Å². The Hall–Kier alpha value is -11.0. The van der Waals surface area contributed by atoms with Crippen LogP contribution >= 0.6 is 0 Å². The molecule has 2 saturated heterocycles. The van der Waals surface area contributed by atoms with Gasteiger partial charge in [0, 0.05) is 37.0 Å². The molecule has 0 atom stereocenters. The van der Waals surface area contributed by atoms with E-state index in [4.69, 9.17) is 9.47 Å². The molecule has 4 heterocycles. The van der Waals surface area contributed by atoms with Crippen molar-refractivity contribution in [1.29, 1.82) is 0 Å². The molecule has 0 bridgehead atoms. The first-order valence-electron chi connectivity index (χ1n) is 29.8. The molecule has 0 spiro atoms. The zero-order chi connectivity index (χ0) is 74.3. The summed E-state index contributed by atoms with van der Waals surface area (Å²) >= 11 is 0. The van der Waals surface area contributed by atoms with Gasteiger partial charge in [0.2, 0.25) is 35.7 Å². The lowest BCUT2D eigenvalue weighted by Gasteiger charge is -2.27. The molecule has 0 aliphatic carbocycles. The monoisotopic (exact) mass is 1540 g/mol. The van der Waals surface area contributed by atoms with Crippen LogP contribution in [-0.4, -0.2) is 171 Å². The molecule has 12 rings (SSSR count). The Morgan fingerprint density at radius 1 is 0.375 bits per heavy atom. The molecule has 38 nitrogen and oxygen atoms in total. The van der Waals surface area contributed by atoms with Crippen LogP contribution in [0.4, 0.5) is 81.2 Å². The fourth-order valence-electron chi connectivity index (χ4n) is 10.8. The van der Waals surface area contributed by atoms with Gasteiger partial charge >= 0.3 is 0 Å². The summed E-state index contributed by atoms with van der Waals surface area (Å²) in [6.45, 7) is 1.22. The van der Waals surface area contributed by atoms with Crippen molar-refractivity contribution in [3.8, 4) is 11.5 Å². The summed E-state index contributed by atoms with van der Waals surface area (Å²) in [6.07, 6.45) is 2.08. The van der Waals surface area contributed by atoms with Gasteiger partial charge in [0.1, 0.15) is 31.0 Å². The lowest BCUT2D eigenvalue weighted by Crippen LogP contribution is -2.37. The highest BCUT2D eigenvalue weighted by Gasteiger charge is 2.31. The van der Waals surface area contributed by atoms with Gasteiger partial charge in [0.05, 0.1) is 70.3 Å². The van der Waals surface area contributed by atoms with Crippen molar-refractivity contribution >= 4 is 176 Å². The van der Waals surface area contributed by atoms with Crippen molar-refractivity contribution in [1.82, 2.24) is 29.9 Å². The largest absolute Gasteiger partial charge is 0.505 e. The molecule has 12 N–H and O–H groups in total. The van der Waals surface area contributed by atoms with Crippen LogP contribution in [0.15, 0.2) is 183 Å². The predicted octanol–water partition coefficient (Wildman–Crippen LogP) is 8.90. The van der Waals surface area contributed by atoms with Crippen molar-refractivity contribution in [2.75, 3.05) is 83.7 Å². The lowest BCUT2D eigenvalue weighted by atomic mass is 10.1. The second-order valence-electron chi connectivity index (χ2n) is 22.2. The molecular weight excluding hydrogens is 1490 g/mol. The molecule has 0 radical (unpaired) electrons. The molecular formula is C60H52N16O22S6. The zero-order valence-corrected chi connectivity index (χ0v) is 57.5. The third-order valence-corrected chi connectivity index (χ3v) is 20.7. The topological polar surface area (TPSA) is 567 Å². The average molecular weight is 1540 g/mol. The second kappa shape index (κ2) is 28.7. The van der Waals surface area contributed by atoms with Gasteiger partial charge in [-0.15, -0.1) is 10.2 Å². The number of phenolic OH excluding ortho intramolecular Hbond substituents is 2. The van der Waals surface area contributed by atoms with Crippen molar-refractivity contribution < 1.29 is 97.5 Å². The van der Waals surface area contributed by atoms with Gasteiger partial charge in [-0.1, -0.05) is 72.8 Å². The number of azo groups is 2. The third-order valence-electron chi connectivity index (χ3n) is 15.3. The van der Waals surface area contributed by atoms with Crippen molar-refractivity contribution in [2.24, 2.45) is 20.5 Å². The van der Waals surface area contributed by atoms with Gasteiger partial charge in [0.25, 0.3) is 60.7 Å². The molecule has 44 heteroatoms. The second-order valence-corrected chi connectivity index (χ2v) is 30.6. The summed E-state index contributed by atoms with van der Waals surface area (Å²) in [5, 5.41) is 48.8. The number of aromatic hydroxyl groups is 2. The number of rotatable bonds is 22. The summed E-state index contributed by atoms with van der Waals surface area (Å²) in [7, 11) is -31.6. The highest BCUT2D eigenvalue weighted by molar-refractivity contribution is 7.87. The van der Waals surface area contributed by atoms with Crippen molar-refractivity contribution in [2.45, 2.75) is 29.4 Å².